The fourth-order valence-electron chi connectivity index (χ4n) is 3.21. The van der Waals surface area contributed by atoms with Gasteiger partial charge in [-0.3, -0.25) is 9.59 Å². The van der Waals surface area contributed by atoms with Crippen molar-refractivity contribution in [2.45, 2.75) is 25.4 Å². The largest absolute Gasteiger partial charge is 0.497 e. The lowest BCUT2D eigenvalue weighted by molar-refractivity contribution is -0.916. The molecule has 1 unspecified atom stereocenters. The van der Waals surface area contributed by atoms with Crippen LogP contribution in [0, 0.1) is 0 Å². The SMILES string of the molecule is COc1ccc(C[NH+](CC(=O)Nc2ccc(C(=O)N(C)C)cc2)C2CC2)cc1. The fourth-order valence-corrected chi connectivity index (χ4v) is 3.21. The van der Waals surface area contributed by atoms with Crippen LogP contribution >= 0.6 is 0 Å². The van der Waals surface area contributed by atoms with Gasteiger partial charge in [0.15, 0.2) is 6.54 Å². The molecule has 0 aliphatic heterocycles. The van der Waals surface area contributed by atoms with Crippen molar-refractivity contribution in [1.29, 1.82) is 0 Å². The van der Waals surface area contributed by atoms with E-state index in [0.29, 0.717) is 23.8 Å². The molecule has 2 aromatic rings. The smallest absolute Gasteiger partial charge is 0.279 e. The summed E-state index contributed by atoms with van der Waals surface area (Å²) in [5.74, 6) is 0.773. The van der Waals surface area contributed by atoms with Crippen LogP contribution in [0.5, 0.6) is 5.75 Å². The van der Waals surface area contributed by atoms with E-state index >= 15 is 0 Å². The highest BCUT2D eigenvalue weighted by Crippen LogP contribution is 2.17. The second kappa shape index (κ2) is 8.89. The fraction of sp³-hybridized carbons (Fsp3) is 0.364. The lowest BCUT2D eigenvalue weighted by Crippen LogP contribution is -3.13. The van der Waals surface area contributed by atoms with E-state index in [2.05, 4.69) is 17.4 Å². The number of nitrogens with zero attached hydrogens (tertiary/aromatic N) is 1. The van der Waals surface area contributed by atoms with Crippen LogP contribution in [0.25, 0.3) is 0 Å². The summed E-state index contributed by atoms with van der Waals surface area (Å²) in [5, 5.41) is 2.95. The molecule has 6 heteroatoms. The van der Waals surface area contributed by atoms with Crippen molar-refractivity contribution in [2.75, 3.05) is 33.1 Å². The zero-order chi connectivity index (χ0) is 20.1. The number of carbonyl (C=O) groups excluding carboxylic acids is 2. The Morgan fingerprint density at radius 1 is 1.07 bits per heavy atom. The lowest BCUT2D eigenvalue weighted by Gasteiger charge is -2.19. The molecule has 0 spiro atoms. The van der Waals surface area contributed by atoms with Gasteiger partial charge in [-0.1, -0.05) is 0 Å². The first-order valence-electron chi connectivity index (χ1n) is 9.55. The third-order valence-corrected chi connectivity index (χ3v) is 4.95. The number of rotatable bonds is 8. The summed E-state index contributed by atoms with van der Waals surface area (Å²) in [6.07, 6.45) is 2.33. The predicted octanol–water partition coefficient (Wildman–Crippen LogP) is 1.58. The molecule has 0 aromatic heterocycles. The van der Waals surface area contributed by atoms with E-state index in [9.17, 15) is 9.59 Å². The molecule has 0 saturated heterocycles. The molecule has 2 amide bonds. The number of nitrogens with one attached hydrogen (secondary N) is 2. The maximum atomic E-state index is 12.5. The third kappa shape index (κ3) is 5.33. The number of methoxy groups -OCH3 is 1. The molecule has 1 aliphatic rings. The van der Waals surface area contributed by atoms with E-state index in [-0.39, 0.29) is 11.8 Å². The zero-order valence-electron chi connectivity index (χ0n) is 16.7. The summed E-state index contributed by atoms with van der Waals surface area (Å²) in [4.78, 5) is 27.3. The maximum Gasteiger partial charge on any atom is 0.279 e. The van der Waals surface area contributed by atoms with Gasteiger partial charge in [0.1, 0.15) is 12.3 Å². The molecule has 1 atom stereocenters. The van der Waals surface area contributed by atoms with Gasteiger partial charge < -0.3 is 19.9 Å². The van der Waals surface area contributed by atoms with Crippen molar-refractivity contribution in [3.63, 3.8) is 0 Å². The van der Waals surface area contributed by atoms with Gasteiger partial charge in [-0.25, -0.2) is 0 Å². The number of carbonyl (C=O) groups is 2. The lowest BCUT2D eigenvalue weighted by atomic mass is 10.2. The summed E-state index contributed by atoms with van der Waals surface area (Å²) < 4.78 is 5.21. The molecule has 0 bridgehead atoms. The highest BCUT2D eigenvalue weighted by atomic mass is 16.5. The maximum absolute atomic E-state index is 12.5. The van der Waals surface area contributed by atoms with Crippen LogP contribution in [0.4, 0.5) is 5.69 Å². The standard InChI is InChI=1S/C22H27N3O3/c1-24(2)22(27)17-6-8-18(9-7-17)23-21(26)15-25(19-10-11-19)14-16-4-12-20(28-3)13-5-16/h4-9,12-13,19H,10-11,14-15H2,1-3H3,(H,23,26)/p+1. The summed E-state index contributed by atoms with van der Waals surface area (Å²) in [6.45, 7) is 1.24. The Labute approximate surface area is 166 Å². The van der Waals surface area contributed by atoms with Crippen LogP contribution in [0.2, 0.25) is 0 Å². The van der Waals surface area contributed by atoms with Gasteiger partial charge in [0.05, 0.1) is 13.2 Å². The molecule has 28 heavy (non-hydrogen) atoms. The minimum atomic E-state index is -0.0540. The summed E-state index contributed by atoms with van der Waals surface area (Å²) in [5.41, 5.74) is 2.51. The van der Waals surface area contributed by atoms with E-state index in [1.54, 1.807) is 45.5 Å². The molecule has 6 nitrogen and oxygen atoms in total. The van der Waals surface area contributed by atoms with Crippen molar-refractivity contribution in [1.82, 2.24) is 4.90 Å². The molecule has 1 aliphatic carbocycles. The second-order valence-electron chi connectivity index (χ2n) is 7.46. The second-order valence-corrected chi connectivity index (χ2v) is 7.46. The number of benzene rings is 2. The summed E-state index contributed by atoms with van der Waals surface area (Å²) >= 11 is 0. The molecular formula is C22H28N3O3+. The normalized spacial score (nSPS) is 14.2. The van der Waals surface area contributed by atoms with E-state index in [4.69, 9.17) is 4.74 Å². The first-order chi connectivity index (χ1) is 13.5. The average Bonchev–Trinajstić information content (AvgIpc) is 3.53. The topological polar surface area (TPSA) is 63.1 Å². The van der Waals surface area contributed by atoms with E-state index < -0.39 is 0 Å². The molecule has 1 fully saturated rings. The van der Waals surface area contributed by atoms with Gasteiger partial charge in [-0.15, -0.1) is 0 Å². The summed E-state index contributed by atoms with van der Waals surface area (Å²) in [6, 6.07) is 15.6. The Balaban J connectivity index is 1.57. The van der Waals surface area contributed by atoms with Gasteiger partial charge in [-0.05, 0) is 48.5 Å². The Morgan fingerprint density at radius 2 is 1.71 bits per heavy atom. The van der Waals surface area contributed by atoms with Crippen molar-refractivity contribution < 1.29 is 19.2 Å². The van der Waals surface area contributed by atoms with Crippen molar-refractivity contribution in [3.8, 4) is 5.75 Å². The van der Waals surface area contributed by atoms with E-state index in [1.807, 2.05) is 12.1 Å². The average molecular weight is 382 g/mol. The highest BCUT2D eigenvalue weighted by molar-refractivity contribution is 5.95. The first kappa shape index (κ1) is 19.9. The molecule has 0 radical (unpaired) electrons. The van der Waals surface area contributed by atoms with E-state index in [1.165, 1.54) is 28.2 Å². The van der Waals surface area contributed by atoms with Gasteiger partial charge in [-0.2, -0.15) is 0 Å². The zero-order valence-corrected chi connectivity index (χ0v) is 16.7. The quantitative estimate of drug-likeness (QED) is 0.729. The van der Waals surface area contributed by atoms with Crippen LogP contribution < -0.4 is 15.0 Å². The van der Waals surface area contributed by atoms with Crippen LogP contribution in [-0.2, 0) is 11.3 Å². The summed E-state index contributed by atoms with van der Waals surface area (Å²) in [7, 11) is 5.09. The van der Waals surface area contributed by atoms with Gasteiger partial charge in [0.25, 0.3) is 11.8 Å². The minimum absolute atomic E-state index is 0.0119. The van der Waals surface area contributed by atoms with Crippen molar-refractivity contribution in [3.05, 3.63) is 59.7 Å². The predicted molar refractivity (Wildman–Crippen MR) is 109 cm³/mol. The number of anilines is 1. The number of ether oxygens (including phenoxy) is 1. The Bertz CT molecular complexity index is 812. The number of hydrogen-bond acceptors (Lipinski definition) is 3. The Hall–Kier alpha value is -2.86. The van der Waals surface area contributed by atoms with Gasteiger partial charge >= 0.3 is 0 Å². The van der Waals surface area contributed by atoms with Crippen molar-refractivity contribution >= 4 is 17.5 Å². The minimum Gasteiger partial charge on any atom is -0.497 e. The first-order valence-corrected chi connectivity index (χ1v) is 9.55. The van der Waals surface area contributed by atoms with Crippen LogP contribution in [0.3, 0.4) is 0 Å². The van der Waals surface area contributed by atoms with Crippen LogP contribution in [0.1, 0.15) is 28.8 Å². The number of amides is 2. The molecule has 1 saturated carbocycles. The Kier molecular flexibility index (Phi) is 6.31. The molecular weight excluding hydrogens is 354 g/mol. The number of quaternary nitrogens is 1. The highest BCUT2D eigenvalue weighted by Gasteiger charge is 2.34. The van der Waals surface area contributed by atoms with Crippen LogP contribution in [-0.4, -0.2) is 50.5 Å². The molecule has 2 aromatic carbocycles. The van der Waals surface area contributed by atoms with Gasteiger partial charge in [0.2, 0.25) is 0 Å². The molecule has 0 heterocycles. The molecule has 2 N–H and O–H groups in total. The monoisotopic (exact) mass is 382 g/mol. The molecule has 3 rings (SSSR count). The Morgan fingerprint density at radius 3 is 2.25 bits per heavy atom. The number of hydrogen-bond donors (Lipinski definition) is 2. The molecule has 148 valence electrons. The van der Waals surface area contributed by atoms with Crippen molar-refractivity contribution in [2.24, 2.45) is 0 Å². The third-order valence-electron chi connectivity index (χ3n) is 4.95. The van der Waals surface area contributed by atoms with Crippen LogP contribution in [0.15, 0.2) is 48.5 Å². The van der Waals surface area contributed by atoms with E-state index in [0.717, 1.165) is 12.3 Å². The van der Waals surface area contributed by atoms with Gasteiger partial charge in [0, 0.05) is 43.8 Å².